The van der Waals surface area contributed by atoms with Gasteiger partial charge in [0.2, 0.25) is 0 Å². The van der Waals surface area contributed by atoms with Crippen molar-refractivity contribution < 1.29 is 18.0 Å². The van der Waals surface area contributed by atoms with Crippen LogP contribution in [0.5, 0.6) is 0 Å². The van der Waals surface area contributed by atoms with E-state index in [1.54, 1.807) is 18.2 Å². The van der Waals surface area contributed by atoms with Crippen molar-refractivity contribution in [2.75, 3.05) is 0 Å². The lowest BCUT2D eigenvalue weighted by Crippen LogP contribution is -2.05. The second-order valence-electron chi connectivity index (χ2n) is 3.94. The highest BCUT2D eigenvalue weighted by Gasteiger charge is 2.33. The first-order chi connectivity index (χ1) is 8.91. The molecule has 0 aliphatic rings. The number of carbonyl (C=O) groups is 1. The van der Waals surface area contributed by atoms with Crippen LogP contribution in [0.25, 0.3) is 11.1 Å². The van der Waals surface area contributed by atoms with E-state index in [4.69, 9.17) is 11.6 Å². The molecule has 0 saturated carbocycles. The first kappa shape index (κ1) is 13.6. The average Bonchev–Trinajstić information content (AvgIpc) is 2.38. The summed E-state index contributed by atoms with van der Waals surface area (Å²) in [6.07, 6.45) is -3.86. The van der Waals surface area contributed by atoms with E-state index in [1.165, 1.54) is 18.2 Å². The van der Waals surface area contributed by atoms with Crippen molar-refractivity contribution in [3.63, 3.8) is 0 Å². The maximum Gasteiger partial charge on any atom is 0.417 e. The van der Waals surface area contributed by atoms with Crippen molar-refractivity contribution in [1.29, 1.82) is 0 Å². The Morgan fingerprint density at radius 1 is 1.00 bits per heavy atom. The minimum Gasteiger partial charge on any atom is -0.298 e. The van der Waals surface area contributed by atoms with Crippen molar-refractivity contribution >= 4 is 17.9 Å². The van der Waals surface area contributed by atoms with E-state index in [9.17, 15) is 18.0 Å². The Bertz CT molecular complexity index is 620. The van der Waals surface area contributed by atoms with Gasteiger partial charge in [-0.2, -0.15) is 13.2 Å². The number of aldehydes is 1. The lowest BCUT2D eigenvalue weighted by Gasteiger charge is -2.11. The van der Waals surface area contributed by atoms with E-state index in [0.29, 0.717) is 23.0 Å². The molecule has 0 amide bonds. The molecule has 2 aromatic rings. The zero-order valence-corrected chi connectivity index (χ0v) is 10.3. The summed E-state index contributed by atoms with van der Waals surface area (Å²) in [6.45, 7) is 0. The summed E-state index contributed by atoms with van der Waals surface area (Å²) in [7, 11) is 0. The van der Waals surface area contributed by atoms with Gasteiger partial charge in [0.25, 0.3) is 0 Å². The summed E-state index contributed by atoms with van der Waals surface area (Å²) in [6, 6.07) is 10.0. The third kappa shape index (κ3) is 2.96. The molecule has 1 nitrogen and oxygen atoms in total. The number of benzene rings is 2. The molecule has 0 saturated heterocycles. The zero-order chi connectivity index (χ0) is 14.0. The summed E-state index contributed by atoms with van der Waals surface area (Å²) in [4.78, 5) is 10.7. The Morgan fingerprint density at radius 2 is 1.68 bits per heavy atom. The van der Waals surface area contributed by atoms with Crippen LogP contribution in [-0.2, 0) is 6.18 Å². The monoisotopic (exact) mass is 284 g/mol. The maximum absolute atomic E-state index is 12.7. The highest BCUT2D eigenvalue weighted by molar-refractivity contribution is 6.31. The van der Waals surface area contributed by atoms with Gasteiger partial charge in [0.05, 0.1) is 10.6 Å². The van der Waals surface area contributed by atoms with E-state index < -0.39 is 11.7 Å². The molecule has 5 heteroatoms. The molecule has 0 N–H and O–H groups in total. The highest BCUT2D eigenvalue weighted by atomic mass is 35.5. The van der Waals surface area contributed by atoms with Gasteiger partial charge in [-0.25, -0.2) is 0 Å². The molecule has 0 radical (unpaired) electrons. The predicted molar refractivity (Wildman–Crippen MR) is 67.3 cm³/mol. The van der Waals surface area contributed by atoms with Gasteiger partial charge < -0.3 is 0 Å². The number of rotatable bonds is 2. The van der Waals surface area contributed by atoms with Crippen molar-refractivity contribution in [2.45, 2.75) is 6.18 Å². The number of hydrogen-bond donors (Lipinski definition) is 0. The van der Waals surface area contributed by atoms with E-state index in [0.717, 1.165) is 6.07 Å². The Hall–Kier alpha value is -1.81. The molecule has 0 unspecified atom stereocenters. The SMILES string of the molecule is O=Cc1cccc(-c2ccc(Cl)c(C(F)(F)F)c2)c1. The molecule has 0 aromatic heterocycles. The van der Waals surface area contributed by atoms with Crippen LogP contribution < -0.4 is 0 Å². The lowest BCUT2D eigenvalue weighted by molar-refractivity contribution is -0.137. The van der Waals surface area contributed by atoms with Gasteiger partial charge in [0, 0.05) is 5.56 Å². The van der Waals surface area contributed by atoms with Crippen molar-refractivity contribution in [3.8, 4) is 11.1 Å². The number of alkyl halides is 3. The van der Waals surface area contributed by atoms with Gasteiger partial charge in [0.15, 0.2) is 0 Å². The summed E-state index contributed by atoms with van der Waals surface area (Å²) >= 11 is 5.55. The topological polar surface area (TPSA) is 17.1 Å². The smallest absolute Gasteiger partial charge is 0.298 e. The molecule has 98 valence electrons. The van der Waals surface area contributed by atoms with Gasteiger partial charge >= 0.3 is 6.18 Å². The first-order valence-electron chi connectivity index (χ1n) is 5.34. The van der Waals surface area contributed by atoms with Gasteiger partial charge in [-0.3, -0.25) is 4.79 Å². The lowest BCUT2D eigenvalue weighted by atomic mass is 10.0. The van der Waals surface area contributed by atoms with Gasteiger partial charge in [-0.15, -0.1) is 0 Å². The summed E-state index contributed by atoms with van der Waals surface area (Å²) < 4.78 is 38.2. The number of carbonyl (C=O) groups excluding carboxylic acids is 1. The fourth-order valence-corrected chi connectivity index (χ4v) is 1.94. The fraction of sp³-hybridized carbons (Fsp3) is 0.0714. The van der Waals surface area contributed by atoms with Crippen LogP contribution in [0, 0.1) is 0 Å². The summed E-state index contributed by atoms with van der Waals surface area (Å²) in [5, 5.41) is -0.345. The standard InChI is InChI=1S/C14H8ClF3O/c15-13-5-4-11(7-12(13)14(16,17)18)10-3-1-2-9(6-10)8-19/h1-8H. The van der Waals surface area contributed by atoms with Crippen LogP contribution >= 0.6 is 11.6 Å². The van der Waals surface area contributed by atoms with Crippen LogP contribution in [0.1, 0.15) is 15.9 Å². The second kappa shape index (κ2) is 5.05. The summed E-state index contributed by atoms with van der Waals surface area (Å²) in [5.41, 5.74) is 0.413. The molecular formula is C14H8ClF3O. The molecule has 0 heterocycles. The van der Waals surface area contributed by atoms with E-state index in [2.05, 4.69) is 0 Å². The molecule has 19 heavy (non-hydrogen) atoms. The van der Waals surface area contributed by atoms with Crippen LogP contribution in [0.2, 0.25) is 5.02 Å². The van der Waals surface area contributed by atoms with Crippen molar-refractivity contribution in [3.05, 3.63) is 58.6 Å². The van der Waals surface area contributed by atoms with Crippen LogP contribution in [0.4, 0.5) is 13.2 Å². The molecule has 2 rings (SSSR count). The number of hydrogen-bond acceptors (Lipinski definition) is 1. The minimum atomic E-state index is -4.50. The fourth-order valence-electron chi connectivity index (χ4n) is 1.71. The normalized spacial score (nSPS) is 11.4. The van der Waals surface area contributed by atoms with Crippen molar-refractivity contribution in [1.82, 2.24) is 0 Å². The largest absolute Gasteiger partial charge is 0.417 e. The Balaban J connectivity index is 2.54. The Labute approximate surface area is 112 Å². The number of halogens is 4. The maximum atomic E-state index is 12.7. The van der Waals surface area contributed by atoms with Gasteiger partial charge in [0.1, 0.15) is 6.29 Å². The highest BCUT2D eigenvalue weighted by Crippen LogP contribution is 2.37. The van der Waals surface area contributed by atoms with E-state index >= 15 is 0 Å². The van der Waals surface area contributed by atoms with E-state index in [-0.39, 0.29) is 5.02 Å². The molecule has 2 aromatic carbocycles. The second-order valence-corrected chi connectivity index (χ2v) is 4.34. The first-order valence-corrected chi connectivity index (χ1v) is 5.72. The third-order valence-corrected chi connectivity index (χ3v) is 2.96. The van der Waals surface area contributed by atoms with Crippen LogP contribution in [0.15, 0.2) is 42.5 Å². The quantitative estimate of drug-likeness (QED) is 0.721. The molecule has 0 atom stereocenters. The molecule has 0 fully saturated rings. The van der Waals surface area contributed by atoms with Crippen LogP contribution in [-0.4, -0.2) is 6.29 Å². The van der Waals surface area contributed by atoms with Gasteiger partial charge in [-0.05, 0) is 29.3 Å². The molecule has 0 bridgehead atoms. The molecule has 0 aliphatic carbocycles. The Morgan fingerprint density at radius 3 is 2.32 bits per heavy atom. The average molecular weight is 285 g/mol. The molecule has 0 spiro atoms. The van der Waals surface area contributed by atoms with E-state index in [1.807, 2.05) is 0 Å². The van der Waals surface area contributed by atoms with Gasteiger partial charge in [-0.1, -0.05) is 35.9 Å². The predicted octanol–water partition coefficient (Wildman–Crippen LogP) is 4.84. The van der Waals surface area contributed by atoms with Crippen molar-refractivity contribution in [2.24, 2.45) is 0 Å². The molecular weight excluding hydrogens is 277 g/mol. The summed E-state index contributed by atoms with van der Waals surface area (Å²) in [5.74, 6) is 0. The van der Waals surface area contributed by atoms with Crippen LogP contribution in [0.3, 0.4) is 0 Å². The third-order valence-electron chi connectivity index (χ3n) is 2.63. The minimum absolute atomic E-state index is 0.345. The molecule has 0 aliphatic heterocycles. The Kier molecular flexibility index (Phi) is 3.62. The zero-order valence-electron chi connectivity index (χ0n) is 9.54.